The Morgan fingerprint density at radius 2 is 1.09 bits per heavy atom. The zero-order chi connectivity index (χ0) is 48.9. The van der Waals surface area contributed by atoms with Crippen LogP contribution >= 0.6 is 23.2 Å². The van der Waals surface area contributed by atoms with Gasteiger partial charge in [0.05, 0.1) is 64.5 Å². The number of methoxy groups -OCH3 is 2. The molecule has 2 heterocycles. The number of hydrogen-bond donors (Lipinski definition) is 5. The zero-order valence-electron chi connectivity index (χ0n) is 35.6. The van der Waals surface area contributed by atoms with E-state index in [1.54, 1.807) is 26.2 Å². The van der Waals surface area contributed by atoms with Crippen LogP contribution in [-0.4, -0.2) is 72.6 Å². The number of carbonyl (C=O) groups excluding carboxylic acids is 4. The van der Waals surface area contributed by atoms with E-state index in [0.29, 0.717) is 26.7 Å². The van der Waals surface area contributed by atoms with E-state index >= 15 is 0 Å². The number of terminal acetylenes is 2. The van der Waals surface area contributed by atoms with Crippen molar-refractivity contribution >= 4 is 81.4 Å². The van der Waals surface area contributed by atoms with Gasteiger partial charge < -0.3 is 35.6 Å². The Bertz CT molecular complexity index is 3060. The van der Waals surface area contributed by atoms with Crippen LogP contribution in [0.2, 0.25) is 10.0 Å². The number of amidine groups is 1. The first-order valence-corrected chi connectivity index (χ1v) is 19.8. The van der Waals surface area contributed by atoms with Gasteiger partial charge in [-0.1, -0.05) is 53.2 Å². The van der Waals surface area contributed by atoms with Crippen molar-refractivity contribution in [3.63, 3.8) is 0 Å². The molecule has 0 saturated heterocycles. The quantitative estimate of drug-likeness (QED) is 0.0365. The van der Waals surface area contributed by atoms with Gasteiger partial charge in [0.15, 0.2) is 5.69 Å². The molecule has 0 atom stereocenters. The maximum absolute atomic E-state index is 14.8. The van der Waals surface area contributed by atoms with Crippen LogP contribution in [0.3, 0.4) is 0 Å². The van der Waals surface area contributed by atoms with E-state index in [4.69, 9.17) is 57.5 Å². The highest BCUT2D eigenvalue weighted by Gasteiger charge is 2.24. The molecule has 0 radical (unpaired) electrons. The topological polar surface area (TPSA) is 192 Å². The number of ether oxygens (including phenoxy) is 2. The van der Waals surface area contributed by atoms with Gasteiger partial charge in [-0.15, -0.1) is 12.8 Å². The van der Waals surface area contributed by atoms with Crippen molar-refractivity contribution in [1.82, 2.24) is 14.9 Å². The second kappa shape index (κ2) is 22.2. The number of carbonyl (C=O) groups is 4. The Labute approximate surface area is 392 Å². The maximum atomic E-state index is 14.8. The molecule has 0 spiro atoms. The van der Waals surface area contributed by atoms with Gasteiger partial charge in [0, 0.05) is 43.2 Å². The van der Waals surface area contributed by atoms with Crippen LogP contribution in [0.4, 0.5) is 37.5 Å². The van der Waals surface area contributed by atoms with E-state index in [2.05, 4.69) is 47.9 Å². The van der Waals surface area contributed by atoms with E-state index < -0.39 is 35.3 Å². The smallest absolute Gasteiger partial charge is 0.259 e. The number of nitrogens with one attached hydrogen (secondary N) is 5. The van der Waals surface area contributed by atoms with Crippen LogP contribution in [0.5, 0.6) is 11.5 Å². The van der Waals surface area contributed by atoms with E-state index in [1.807, 2.05) is 0 Å². The largest absolute Gasteiger partial charge is 0.495 e. The van der Waals surface area contributed by atoms with Gasteiger partial charge in [-0.3, -0.25) is 24.6 Å². The molecule has 2 aromatic heterocycles. The lowest BCUT2D eigenvalue weighted by atomic mass is 10.0. The number of benzene rings is 4. The number of hydrogen-bond acceptors (Lipinski definition) is 9. The van der Waals surface area contributed by atoms with Gasteiger partial charge in [0.2, 0.25) is 0 Å². The van der Waals surface area contributed by atoms with Gasteiger partial charge in [0.1, 0.15) is 40.6 Å². The molecule has 336 valence electrons. The minimum atomic E-state index is -0.883. The fraction of sp³-hybridized carbons (Fsp3) is 0.0833. The second-order valence-corrected chi connectivity index (χ2v) is 14.6. The van der Waals surface area contributed by atoms with Crippen LogP contribution in [0.15, 0.2) is 97.3 Å². The summed E-state index contributed by atoms with van der Waals surface area (Å²) in [7, 11) is 5.98. The number of halogens is 4. The van der Waals surface area contributed by atoms with Crippen molar-refractivity contribution in [1.29, 1.82) is 5.41 Å². The molecule has 6 rings (SSSR count). The number of pyridine rings is 2. The monoisotopic (exact) mass is 941 g/mol. The third-order valence-electron chi connectivity index (χ3n) is 9.14. The molecule has 0 saturated carbocycles. The van der Waals surface area contributed by atoms with Crippen LogP contribution in [0, 0.1) is 48.3 Å². The molecule has 6 aromatic rings. The summed E-state index contributed by atoms with van der Waals surface area (Å²) in [5.74, 6) is 0.881. The molecule has 19 heteroatoms. The summed E-state index contributed by atoms with van der Waals surface area (Å²) in [5, 5.41) is 19.0. The van der Waals surface area contributed by atoms with Gasteiger partial charge >= 0.3 is 0 Å². The average Bonchev–Trinajstić information content (AvgIpc) is 3.32. The summed E-state index contributed by atoms with van der Waals surface area (Å²) in [6.07, 6.45) is 13.7. The first-order chi connectivity index (χ1) is 32.0. The summed E-state index contributed by atoms with van der Waals surface area (Å²) in [6.45, 7) is 6.94. The van der Waals surface area contributed by atoms with E-state index in [0.717, 1.165) is 12.1 Å². The highest BCUT2D eigenvalue weighted by atomic mass is 35.5. The predicted octanol–water partition coefficient (Wildman–Crippen LogP) is 9.17. The lowest BCUT2D eigenvalue weighted by Crippen LogP contribution is -2.23. The molecule has 0 fully saturated rings. The zero-order valence-corrected chi connectivity index (χ0v) is 37.2. The Morgan fingerprint density at radius 1 is 0.657 bits per heavy atom. The first-order valence-electron chi connectivity index (χ1n) is 19.1. The molecule has 0 aliphatic carbocycles. The number of aromatic nitrogens is 2. The number of nitrogens with zero attached hydrogens (tertiary/aromatic N) is 4. The highest BCUT2D eigenvalue weighted by molar-refractivity contribution is 6.30. The molecule has 0 unspecified atom stereocenters. The summed E-state index contributed by atoms with van der Waals surface area (Å²) < 4.78 is 39.7. The molecule has 4 amide bonds. The molecular formula is C48H35Cl2F2N9O6. The van der Waals surface area contributed by atoms with E-state index in [9.17, 15) is 28.0 Å². The van der Waals surface area contributed by atoms with Crippen molar-refractivity contribution in [2.24, 2.45) is 0 Å². The van der Waals surface area contributed by atoms with Gasteiger partial charge in [-0.05, 0) is 66.7 Å². The third kappa shape index (κ3) is 12.3. The first kappa shape index (κ1) is 49.2. The molecule has 5 N–H and O–H groups in total. The molecule has 67 heavy (non-hydrogen) atoms. The lowest BCUT2D eigenvalue weighted by molar-refractivity contribution is 0.100. The van der Waals surface area contributed by atoms with Crippen molar-refractivity contribution in [2.45, 2.75) is 0 Å². The van der Waals surface area contributed by atoms with Crippen molar-refractivity contribution in [3.05, 3.63) is 169 Å². The van der Waals surface area contributed by atoms with E-state index in [1.165, 1.54) is 92.2 Å². The lowest BCUT2D eigenvalue weighted by Gasteiger charge is -2.17. The van der Waals surface area contributed by atoms with Crippen molar-refractivity contribution < 1.29 is 37.4 Å². The summed E-state index contributed by atoms with van der Waals surface area (Å²) in [5.41, 5.74) is 0.327. The van der Waals surface area contributed by atoms with Crippen LogP contribution in [-0.2, 0) is 0 Å². The molecular weight excluding hydrogens is 907 g/mol. The highest BCUT2D eigenvalue weighted by Crippen LogP contribution is 2.34. The molecule has 0 bridgehead atoms. The third-order valence-corrected chi connectivity index (χ3v) is 9.59. The van der Waals surface area contributed by atoms with Crippen molar-refractivity contribution in [2.75, 3.05) is 49.6 Å². The maximum Gasteiger partial charge on any atom is 0.259 e. The van der Waals surface area contributed by atoms with Crippen LogP contribution in [0.1, 0.15) is 58.1 Å². The van der Waals surface area contributed by atoms with Crippen LogP contribution < -0.4 is 30.7 Å². The van der Waals surface area contributed by atoms with Gasteiger partial charge in [-0.25, -0.2) is 23.6 Å². The number of amides is 4. The molecule has 4 aromatic carbocycles. The molecule has 0 aliphatic rings. The van der Waals surface area contributed by atoms with Gasteiger partial charge in [0.25, 0.3) is 23.6 Å². The van der Waals surface area contributed by atoms with E-state index in [-0.39, 0.29) is 68.3 Å². The fourth-order valence-corrected chi connectivity index (χ4v) is 6.05. The minimum Gasteiger partial charge on any atom is -0.495 e. The predicted molar refractivity (Wildman–Crippen MR) is 252 cm³/mol. The summed E-state index contributed by atoms with van der Waals surface area (Å²) in [4.78, 5) is 64.4. The summed E-state index contributed by atoms with van der Waals surface area (Å²) >= 11 is 11.6. The Morgan fingerprint density at radius 3 is 1.45 bits per heavy atom. The molecule has 15 nitrogen and oxygen atoms in total. The Balaban J connectivity index is 0.000000252. The second-order valence-electron chi connectivity index (χ2n) is 13.7. The van der Waals surface area contributed by atoms with Crippen molar-refractivity contribution in [3.8, 4) is 36.2 Å². The normalized spacial score (nSPS) is 10.0. The molecule has 0 aliphatic heterocycles. The minimum absolute atomic E-state index is 0.00697. The van der Waals surface area contributed by atoms with Gasteiger partial charge in [-0.2, -0.15) is 0 Å². The number of anilines is 4. The standard InChI is InChI=1S/C25H21ClFN5O3.C23H14ClFN4O3/c1-5-14-10-18(25(34)30-21-9-7-16(26)13-29-21)22(20(11-14)35-4)31-24(33)17-8-6-15(12-19(17)27)23(28)32(2)3;1-4-13-9-17(23(31)28-20-8-5-14(24)12-27-20)21(19(10-13)32-3)29-22(30)16-7-6-15(26-2)11-18(16)25/h1,6-13,28H,2-4H3,(H,31,33)(H,29,30,34);1,5-12H,3H3,(H,29,30)(H,27,28,31). The summed E-state index contributed by atoms with van der Waals surface area (Å²) in [6, 6.07) is 19.0. The Kier molecular flexibility index (Phi) is 16.3. The average molecular weight is 943 g/mol. The fourth-order valence-electron chi connectivity index (χ4n) is 5.83. The Hall–Kier alpha value is -8.82. The number of rotatable bonds is 11. The SMILES string of the molecule is C#Cc1cc(OC)c(NC(=O)c2ccc(C(=N)N(C)C)cc2F)c(C(=O)Nc2ccc(Cl)cn2)c1.[C-]#[N+]c1ccc(C(=O)Nc2c(OC)cc(C#C)cc2C(=O)Nc2ccc(Cl)cn2)c(F)c1. The van der Waals surface area contributed by atoms with Crippen LogP contribution in [0.25, 0.3) is 4.85 Å².